The summed E-state index contributed by atoms with van der Waals surface area (Å²) >= 11 is 0. The monoisotopic (exact) mass is 466 g/mol. The smallest absolute Gasteiger partial charge is 0.243 e. The highest BCUT2D eigenvalue weighted by Gasteiger charge is 2.29. The Morgan fingerprint density at radius 2 is 1.88 bits per heavy atom. The number of ether oxygens (including phenoxy) is 1. The molecule has 33 heavy (non-hydrogen) atoms. The summed E-state index contributed by atoms with van der Waals surface area (Å²) in [4.78, 5) is 2.34. The molecule has 1 aliphatic heterocycles. The van der Waals surface area contributed by atoms with Crippen LogP contribution in [-0.4, -0.2) is 66.6 Å². The molecule has 1 fully saturated rings. The van der Waals surface area contributed by atoms with E-state index < -0.39 is 10.0 Å². The van der Waals surface area contributed by atoms with Crippen molar-refractivity contribution in [3.63, 3.8) is 0 Å². The SMILES string of the molecule is COc1ccccc1N1CCN(S(=O)(=O)c2ccc(NC=C(C#N)c3nn[nH]n3)cc2)CC1. The van der Waals surface area contributed by atoms with Crippen molar-refractivity contribution in [3.8, 4) is 11.8 Å². The number of tetrazole rings is 1. The molecule has 1 aliphatic rings. The predicted octanol–water partition coefficient (Wildman–Crippen LogP) is 1.70. The summed E-state index contributed by atoms with van der Waals surface area (Å²) in [6.07, 6.45) is 1.44. The highest BCUT2D eigenvalue weighted by atomic mass is 32.2. The summed E-state index contributed by atoms with van der Waals surface area (Å²) in [5.41, 5.74) is 1.76. The number of sulfonamides is 1. The van der Waals surface area contributed by atoms with E-state index in [0.717, 1.165) is 11.4 Å². The Hall–Kier alpha value is -3.95. The first-order chi connectivity index (χ1) is 16.0. The van der Waals surface area contributed by atoms with E-state index in [1.807, 2.05) is 30.3 Å². The van der Waals surface area contributed by atoms with Crippen molar-refractivity contribution >= 4 is 27.0 Å². The lowest BCUT2D eigenvalue weighted by Gasteiger charge is -2.35. The Morgan fingerprint density at radius 1 is 1.15 bits per heavy atom. The number of rotatable bonds is 7. The van der Waals surface area contributed by atoms with Crippen LogP contribution in [0.1, 0.15) is 5.82 Å². The number of benzene rings is 2. The number of piperazine rings is 1. The lowest BCUT2D eigenvalue weighted by molar-refractivity contribution is 0.378. The third-order valence-electron chi connectivity index (χ3n) is 5.25. The quantitative estimate of drug-likeness (QED) is 0.498. The van der Waals surface area contributed by atoms with Crippen LogP contribution in [-0.2, 0) is 10.0 Å². The molecule has 0 saturated carbocycles. The van der Waals surface area contributed by atoms with Gasteiger partial charge in [0.1, 0.15) is 17.4 Å². The van der Waals surface area contributed by atoms with Gasteiger partial charge in [-0.3, -0.25) is 0 Å². The lowest BCUT2D eigenvalue weighted by Crippen LogP contribution is -2.48. The van der Waals surface area contributed by atoms with Gasteiger partial charge in [0, 0.05) is 38.1 Å². The minimum absolute atomic E-state index is 0.163. The number of allylic oxidation sites excluding steroid dienone is 1. The first kappa shape index (κ1) is 22.3. The van der Waals surface area contributed by atoms with Gasteiger partial charge in [0.2, 0.25) is 15.8 Å². The van der Waals surface area contributed by atoms with E-state index in [2.05, 4.69) is 30.8 Å². The van der Waals surface area contributed by atoms with Gasteiger partial charge < -0.3 is 15.0 Å². The molecule has 11 nitrogen and oxygen atoms in total. The number of H-pyrrole nitrogens is 1. The largest absolute Gasteiger partial charge is 0.495 e. The Bertz CT molecular complexity index is 1260. The second kappa shape index (κ2) is 9.68. The highest BCUT2D eigenvalue weighted by Crippen LogP contribution is 2.29. The molecule has 12 heteroatoms. The van der Waals surface area contributed by atoms with Crippen molar-refractivity contribution in [1.29, 1.82) is 5.26 Å². The number of methoxy groups -OCH3 is 1. The summed E-state index contributed by atoms with van der Waals surface area (Å²) < 4.78 is 33.1. The van der Waals surface area contributed by atoms with Crippen molar-refractivity contribution < 1.29 is 13.2 Å². The molecule has 2 N–H and O–H groups in total. The number of anilines is 2. The molecule has 4 rings (SSSR count). The molecular formula is C21H22N8O3S. The van der Waals surface area contributed by atoms with Crippen LogP contribution in [0.15, 0.2) is 59.6 Å². The van der Waals surface area contributed by atoms with Crippen LogP contribution in [0.5, 0.6) is 5.75 Å². The van der Waals surface area contributed by atoms with E-state index in [1.165, 1.54) is 10.5 Å². The molecule has 0 radical (unpaired) electrons. The van der Waals surface area contributed by atoms with Crippen LogP contribution in [0, 0.1) is 11.3 Å². The normalized spacial score (nSPS) is 15.2. The molecule has 0 amide bonds. The molecule has 1 aromatic heterocycles. The number of hydrogen-bond acceptors (Lipinski definition) is 9. The first-order valence-corrected chi connectivity index (χ1v) is 11.6. The maximum absolute atomic E-state index is 13.1. The topological polar surface area (TPSA) is 140 Å². The zero-order valence-electron chi connectivity index (χ0n) is 17.8. The second-order valence-corrected chi connectivity index (χ2v) is 9.07. The molecule has 2 aromatic carbocycles. The van der Waals surface area contributed by atoms with Gasteiger partial charge in [-0.15, -0.1) is 10.2 Å². The van der Waals surface area contributed by atoms with Crippen LogP contribution in [0.3, 0.4) is 0 Å². The summed E-state index contributed by atoms with van der Waals surface area (Å²) in [7, 11) is -2.00. The molecule has 1 saturated heterocycles. The minimum Gasteiger partial charge on any atom is -0.495 e. The molecule has 0 aliphatic carbocycles. The van der Waals surface area contributed by atoms with Crippen molar-refractivity contribution in [1.82, 2.24) is 24.9 Å². The Balaban J connectivity index is 1.41. The van der Waals surface area contributed by atoms with E-state index in [-0.39, 0.29) is 16.3 Å². The van der Waals surface area contributed by atoms with Gasteiger partial charge in [0.25, 0.3) is 0 Å². The first-order valence-electron chi connectivity index (χ1n) is 10.1. The van der Waals surface area contributed by atoms with Crippen molar-refractivity contribution in [2.75, 3.05) is 43.5 Å². The summed E-state index contributed by atoms with van der Waals surface area (Å²) in [6, 6.07) is 16.0. The van der Waals surface area contributed by atoms with E-state index in [1.54, 1.807) is 31.4 Å². The van der Waals surface area contributed by atoms with E-state index in [9.17, 15) is 13.7 Å². The number of hydrogen-bond donors (Lipinski definition) is 2. The molecular weight excluding hydrogens is 444 g/mol. The van der Waals surface area contributed by atoms with Crippen LogP contribution in [0.4, 0.5) is 11.4 Å². The number of nitrogens with zero attached hydrogens (tertiary/aromatic N) is 6. The Morgan fingerprint density at radius 3 is 2.52 bits per heavy atom. The summed E-state index contributed by atoms with van der Waals surface area (Å²) in [5, 5.41) is 25.4. The average Bonchev–Trinajstić information content (AvgIpc) is 3.39. The third kappa shape index (κ3) is 4.79. The van der Waals surface area contributed by atoms with Crippen LogP contribution in [0.2, 0.25) is 0 Å². The summed E-state index contributed by atoms with van der Waals surface area (Å²) in [6.45, 7) is 1.88. The zero-order valence-corrected chi connectivity index (χ0v) is 18.7. The number of nitriles is 1. The van der Waals surface area contributed by atoms with E-state index >= 15 is 0 Å². The van der Waals surface area contributed by atoms with E-state index in [0.29, 0.717) is 31.9 Å². The fourth-order valence-electron chi connectivity index (χ4n) is 3.51. The Kier molecular flexibility index (Phi) is 6.53. The zero-order chi connectivity index (χ0) is 23.3. The maximum atomic E-state index is 13.1. The second-order valence-electron chi connectivity index (χ2n) is 7.14. The van der Waals surface area contributed by atoms with Gasteiger partial charge in [-0.25, -0.2) is 8.42 Å². The molecule has 0 unspecified atom stereocenters. The van der Waals surface area contributed by atoms with Crippen LogP contribution < -0.4 is 15.0 Å². The number of para-hydroxylation sites is 2. The molecule has 170 valence electrons. The van der Waals surface area contributed by atoms with Gasteiger partial charge in [0.15, 0.2) is 0 Å². The van der Waals surface area contributed by atoms with Gasteiger partial charge in [0.05, 0.1) is 17.7 Å². The summed E-state index contributed by atoms with van der Waals surface area (Å²) in [5.74, 6) is 0.932. The van der Waals surface area contributed by atoms with Crippen molar-refractivity contribution in [2.24, 2.45) is 0 Å². The number of nitrogens with one attached hydrogen (secondary N) is 2. The van der Waals surface area contributed by atoms with Gasteiger partial charge in [-0.1, -0.05) is 12.1 Å². The standard InChI is InChI=1S/C21H22N8O3S/c1-32-20-5-3-2-4-19(20)28-10-12-29(13-11-28)33(30,31)18-8-6-17(7-9-18)23-15-16(14-22)21-24-26-27-25-21/h2-9,15,23H,10-13H2,1H3,(H,24,25,26,27). The minimum atomic E-state index is -3.62. The molecule has 0 atom stereocenters. The molecule has 3 aromatic rings. The van der Waals surface area contributed by atoms with E-state index in [4.69, 9.17) is 4.74 Å². The fourth-order valence-corrected chi connectivity index (χ4v) is 4.93. The Labute approximate surface area is 191 Å². The van der Waals surface area contributed by atoms with Gasteiger partial charge >= 0.3 is 0 Å². The molecule has 0 bridgehead atoms. The van der Waals surface area contributed by atoms with Crippen molar-refractivity contribution in [3.05, 3.63) is 60.6 Å². The number of aromatic nitrogens is 4. The fraction of sp³-hybridized carbons (Fsp3) is 0.238. The maximum Gasteiger partial charge on any atom is 0.243 e. The number of aromatic amines is 1. The highest BCUT2D eigenvalue weighted by molar-refractivity contribution is 7.89. The predicted molar refractivity (Wildman–Crippen MR) is 122 cm³/mol. The van der Waals surface area contributed by atoms with Gasteiger partial charge in [-0.2, -0.15) is 14.8 Å². The van der Waals surface area contributed by atoms with Crippen molar-refractivity contribution in [2.45, 2.75) is 4.90 Å². The van der Waals surface area contributed by atoms with Crippen LogP contribution >= 0.6 is 0 Å². The third-order valence-corrected chi connectivity index (χ3v) is 7.16. The van der Waals surface area contributed by atoms with Gasteiger partial charge in [-0.05, 0) is 41.6 Å². The lowest BCUT2D eigenvalue weighted by atomic mass is 10.2. The molecule has 2 heterocycles. The average molecular weight is 467 g/mol. The molecule has 0 spiro atoms. The van der Waals surface area contributed by atoms with Crippen LogP contribution in [0.25, 0.3) is 5.57 Å².